The molecule has 0 radical (unpaired) electrons. The monoisotopic (exact) mass is 358 g/mol. The highest BCUT2D eigenvalue weighted by atomic mass is 16.5. The van der Waals surface area contributed by atoms with Gasteiger partial charge in [0.15, 0.2) is 5.78 Å². The van der Waals surface area contributed by atoms with Gasteiger partial charge in [-0.2, -0.15) is 0 Å². The second kappa shape index (κ2) is 8.63. The number of ketones is 1. The van der Waals surface area contributed by atoms with Gasteiger partial charge >= 0.3 is 5.97 Å². The van der Waals surface area contributed by atoms with E-state index in [0.29, 0.717) is 16.9 Å². The minimum atomic E-state index is -0.437. The Bertz CT molecular complexity index is 957. The van der Waals surface area contributed by atoms with Crippen LogP contribution < -0.4 is 9.47 Å². The number of rotatable bonds is 6. The molecule has 3 aromatic rings. The highest BCUT2D eigenvalue weighted by Crippen LogP contribution is 2.17. The van der Waals surface area contributed by atoms with Crippen LogP contribution in [0.3, 0.4) is 0 Å². The van der Waals surface area contributed by atoms with Crippen molar-refractivity contribution in [1.82, 2.24) is 0 Å². The fraction of sp³-hybridized carbons (Fsp3) is 0.0435. The van der Waals surface area contributed by atoms with Gasteiger partial charge in [0.05, 0.1) is 12.7 Å². The van der Waals surface area contributed by atoms with Crippen LogP contribution in [0.2, 0.25) is 0 Å². The predicted octanol–water partition coefficient (Wildman–Crippen LogP) is 4.81. The fourth-order valence-corrected chi connectivity index (χ4v) is 2.44. The van der Waals surface area contributed by atoms with Crippen LogP contribution in [0.25, 0.3) is 6.08 Å². The summed E-state index contributed by atoms with van der Waals surface area (Å²) in [6.07, 6.45) is 3.23. The minimum Gasteiger partial charge on any atom is -0.497 e. The average molecular weight is 358 g/mol. The summed E-state index contributed by atoms with van der Waals surface area (Å²) in [6, 6.07) is 22.6. The molecule has 0 fully saturated rings. The van der Waals surface area contributed by atoms with Crippen molar-refractivity contribution >= 4 is 17.8 Å². The minimum absolute atomic E-state index is 0.140. The molecule has 27 heavy (non-hydrogen) atoms. The second-order valence-corrected chi connectivity index (χ2v) is 5.75. The van der Waals surface area contributed by atoms with Crippen molar-refractivity contribution in [3.05, 3.63) is 102 Å². The van der Waals surface area contributed by atoms with Gasteiger partial charge in [0.25, 0.3) is 0 Å². The Kier molecular flexibility index (Phi) is 5.80. The number of hydrogen-bond donors (Lipinski definition) is 0. The molecule has 134 valence electrons. The van der Waals surface area contributed by atoms with Crippen LogP contribution >= 0.6 is 0 Å². The molecule has 0 amide bonds. The standard InChI is InChI=1S/C23H18O4/c1-26-21-9-5-6-17(16-21)10-15-22(24)18-11-13-20(14-12-18)27-23(25)19-7-3-2-4-8-19/h2-16H,1H3/b15-10+. The van der Waals surface area contributed by atoms with Crippen LogP contribution in [0.1, 0.15) is 26.3 Å². The number of benzene rings is 3. The molecule has 0 N–H and O–H groups in total. The van der Waals surface area contributed by atoms with E-state index in [9.17, 15) is 9.59 Å². The number of hydrogen-bond acceptors (Lipinski definition) is 4. The Morgan fingerprint density at radius 2 is 1.52 bits per heavy atom. The lowest BCUT2D eigenvalue weighted by Gasteiger charge is -2.05. The third-order valence-corrected chi connectivity index (χ3v) is 3.88. The molecule has 0 aliphatic carbocycles. The summed E-state index contributed by atoms with van der Waals surface area (Å²) < 4.78 is 10.5. The lowest BCUT2D eigenvalue weighted by Crippen LogP contribution is -2.08. The molecule has 4 heteroatoms. The smallest absolute Gasteiger partial charge is 0.343 e. The van der Waals surface area contributed by atoms with Gasteiger partial charge in [-0.3, -0.25) is 4.79 Å². The Balaban J connectivity index is 1.65. The molecule has 3 aromatic carbocycles. The summed E-state index contributed by atoms with van der Waals surface area (Å²) in [6.45, 7) is 0. The van der Waals surface area contributed by atoms with Crippen molar-refractivity contribution in [2.75, 3.05) is 7.11 Å². The maximum absolute atomic E-state index is 12.3. The quantitative estimate of drug-likeness (QED) is 0.275. The van der Waals surface area contributed by atoms with Crippen molar-refractivity contribution in [2.24, 2.45) is 0 Å². The van der Waals surface area contributed by atoms with E-state index in [1.165, 1.54) is 6.08 Å². The number of methoxy groups -OCH3 is 1. The van der Waals surface area contributed by atoms with Gasteiger partial charge < -0.3 is 9.47 Å². The van der Waals surface area contributed by atoms with Gasteiger partial charge in [-0.25, -0.2) is 4.79 Å². The maximum Gasteiger partial charge on any atom is 0.343 e. The van der Waals surface area contributed by atoms with Crippen LogP contribution in [0.15, 0.2) is 84.9 Å². The van der Waals surface area contributed by atoms with Gasteiger partial charge in [-0.15, -0.1) is 0 Å². The molecule has 4 nitrogen and oxygen atoms in total. The van der Waals surface area contributed by atoms with E-state index in [0.717, 1.165) is 11.3 Å². The van der Waals surface area contributed by atoms with Crippen molar-refractivity contribution in [1.29, 1.82) is 0 Å². The van der Waals surface area contributed by atoms with E-state index in [4.69, 9.17) is 9.47 Å². The zero-order chi connectivity index (χ0) is 19.1. The van der Waals surface area contributed by atoms with Crippen LogP contribution in [-0.2, 0) is 0 Å². The Labute approximate surface area is 157 Å². The molecule has 0 aliphatic heterocycles. The first-order valence-corrected chi connectivity index (χ1v) is 8.39. The summed E-state index contributed by atoms with van der Waals surface area (Å²) in [4.78, 5) is 24.3. The predicted molar refractivity (Wildman–Crippen MR) is 104 cm³/mol. The lowest BCUT2D eigenvalue weighted by atomic mass is 10.1. The van der Waals surface area contributed by atoms with Crippen LogP contribution in [0.5, 0.6) is 11.5 Å². The maximum atomic E-state index is 12.3. The van der Waals surface area contributed by atoms with Crippen LogP contribution in [-0.4, -0.2) is 18.9 Å². The number of allylic oxidation sites excluding steroid dienone is 1. The molecule has 0 spiro atoms. The zero-order valence-electron chi connectivity index (χ0n) is 14.8. The molecule has 0 aliphatic rings. The van der Waals surface area contributed by atoms with Gasteiger partial charge in [0.1, 0.15) is 11.5 Å². The highest BCUT2D eigenvalue weighted by Gasteiger charge is 2.08. The largest absolute Gasteiger partial charge is 0.497 e. The highest BCUT2D eigenvalue weighted by molar-refractivity contribution is 6.06. The normalized spacial score (nSPS) is 10.6. The molecule has 0 atom stereocenters. The van der Waals surface area contributed by atoms with Crippen LogP contribution in [0.4, 0.5) is 0 Å². The number of carbonyl (C=O) groups excluding carboxylic acids is 2. The number of esters is 1. The lowest BCUT2D eigenvalue weighted by molar-refractivity contribution is 0.0734. The van der Waals surface area contributed by atoms with Crippen LogP contribution in [0, 0.1) is 0 Å². The third kappa shape index (κ3) is 4.92. The summed E-state index contributed by atoms with van der Waals surface area (Å²) in [7, 11) is 1.60. The molecule has 0 saturated heterocycles. The van der Waals surface area contributed by atoms with Gasteiger partial charge in [0, 0.05) is 5.56 Å². The van der Waals surface area contributed by atoms with E-state index in [1.54, 1.807) is 61.7 Å². The van der Waals surface area contributed by atoms with Gasteiger partial charge in [0.2, 0.25) is 0 Å². The Morgan fingerprint density at radius 3 is 2.22 bits per heavy atom. The second-order valence-electron chi connectivity index (χ2n) is 5.75. The summed E-state index contributed by atoms with van der Waals surface area (Å²) >= 11 is 0. The molecule has 0 heterocycles. The van der Waals surface area contributed by atoms with E-state index >= 15 is 0 Å². The molecular weight excluding hydrogens is 340 g/mol. The van der Waals surface area contributed by atoms with E-state index in [1.807, 2.05) is 30.3 Å². The third-order valence-electron chi connectivity index (χ3n) is 3.88. The number of carbonyl (C=O) groups is 2. The first kappa shape index (κ1) is 18.1. The summed E-state index contributed by atoms with van der Waals surface area (Å²) in [5.41, 5.74) is 1.85. The topological polar surface area (TPSA) is 52.6 Å². The molecule has 0 saturated carbocycles. The van der Waals surface area contributed by atoms with E-state index in [-0.39, 0.29) is 5.78 Å². The van der Waals surface area contributed by atoms with Crippen molar-refractivity contribution in [2.45, 2.75) is 0 Å². The molecule has 0 unspecified atom stereocenters. The van der Waals surface area contributed by atoms with Gasteiger partial charge in [-0.1, -0.05) is 36.4 Å². The number of ether oxygens (including phenoxy) is 2. The van der Waals surface area contributed by atoms with Crippen molar-refractivity contribution < 1.29 is 19.1 Å². The first-order chi connectivity index (χ1) is 13.2. The molecule has 0 aromatic heterocycles. The summed E-state index contributed by atoms with van der Waals surface area (Å²) in [5.74, 6) is 0.540. The molecule has 3 rings (SSSR count). The average Bonchev–Trinajstić information content (AvgIpc) is 2.73. The Morgan fingerprint density at radius 1 is 0.778 bits per heavy atom. The molecule has 0 bridgehead atoms. The van der Waals surface area contributed by atoms with Crippen molar-refractivity contribution in [3.63, 3.8) is 0 Å². The summed E-state index contributed by atoms with van der Waals surface area (Å²) in [5, 5.41) is 0. The van der Waals surface area contributed by atoms with Crippen molar-refractivity contribution in [3.8, 4) is 11.5 Å². The first-order valence-electron chi connectivity index (χ1n) is 8.39. The van der Waals surface area contributed by atoms with E-state index < -0.39 is 5.97 Å². The molecular formula is C23H18O4. The Hall–Kier alpha value is -3.66. The SMILES string of the molecule is COc1cccc(/C=C/C(=O)c2ccc(OC(=O)c3ccccc3)cc2)c1. The van der Waals surface area contributed by atoms with Gasteiger partial charge in [-0.05, 0) is 60.2 Å². The van der Waals surface area contributed by atoms with E-state index in [2.05, 4.69) is 0 Å². The fourth-order valence-electron chi connectivity index (χ4n) is 2.44. The zero-order valence-corrected chi connectivity index (χ0v) is 14.8.